The minimum atomic E-state index is -0.795. The predicted octanol–water partition coefficient (Wildman–Crippen LogP) is 0.438. The van der Waals surface area contributed by atoms with Gasteiger partial charge in [0, 0.05) is 32.2 Å². The summed E-state index contributed by atoms with van der Waals surface area (Å²) in [6, 6.07) is -0.795. The van der Waals surface area contributed by atoms with E-state index in [1.807, 2.05) is 13.8 Å². The number of nitrogens with zero attached hydrogens (tertiary/aromatic N) is 2. The van der Waals surface area contributed by atoms with Crippen LogP contribution in [0, 0.1) is 5.92 Å². The van der Waals surface area contributed by atoms with Gasteiger partial charge in [0.25, 0.3) is 0 Å². The van der Waals surface area contributed by atoms with Crippen molar-refractivity contribution in [1.29, 1.82) is 0 Å². The van der Waals surface area contributed by atoms with Gasteiger partial charge in [0.15, 0.2) is 11.1 Å². The molecule has 144 valence electrons. The lowest BCUT2D eigenvalue weighted by Crippen LogP contribution is -2.50. The Morgan fingerprint density at radius 2 is 1.76 bits per heavy atom. The average Bonchev–Trinajstić information content (AvgIpc) is 2.49. The fourth-order valence-electron chi connectivity index (χ4n) is 2.13. The number of primary amides is 1. The Hall–Kier alpha value is -1.77. The van der Waals surface area contributed by atoms with Crippen molar-refractivity contribution in [2.24, 2.45) is 28.1 Å². The Kier molecular flexibility index (Phi) is 11.7. The highest BCUT2D eigenvalue weighted by molar-refractivity contribution is 8.13. The van der Waals surface area contributed by atoms with Gasteiger partial charge in [0.05, 0.1) is 0 Å². The molecule has 1 unspecified atom stereocenters. The van der Waals surface area contributed by atoms with E-state index in [0.717, 1.165) is 18.2 Å². The molecule has 0 fully saturated rings. The summed E-state index contributed by atoms with van der Waals surface area (Å²) in [7, 11) is 0. The largest absolute Gasteiger partial charge is 0.370 e. The minimum absolute atomic E-state index is 0.0257. The van der Waals surface area contributed by atoms with Crippen molar-refractivity contribution in [3.8, 4) is 0 Å². The summed E-state index contributed by atoms with van der Waals surface area (Å²) in [6.07, 6.45) is 2.39. The van der Waals surface area contributed by atoms with Crippen LogP contribution in [0.1, 0.15) is 46.5 Å². The first-order valence-electron chi connectivity index (χ1n) is 8.42. The molecule has 9 heteroatoms. The molecule has 0 aliphatic carbocycles. The molecule has 0 aromatic heterocycles. The number of amides is 2. The van der Waals surface area contributed by atoms with Crippen LogP contribution in [0.15, 0.2) is 4.99 Å². The molecule has 0 saturated carbocycles. The van der Waals surface area contributed by atoms with Crippen molar-refractivity contribution in [3.05, 3.63) is 0 Å². The second kappa shape index (κ2) is 12.6. The maximum absolute atomic E-state index is 12.6. The average molecular weight is 374 g/mol. The van der Waals surface area contributed by atoms with Crippen LogP contribution < -0.4 is 17.2 Å². The van der Waals surface area contributed by atoms with Crippen molar-refractivity contribution >= 4 is 34.7 Å². The van der Waals surface area contributed by atoms with Gasteiger partial charge in [-0.2, -0.15) is 0 Å². The number of guanidine groups is 1. The van der Waals surface area contributed by atoms with Gasteiger partial charge in [-0.3, -0.25) is 19.4 Å². The number of hydrogen-bond donors (Lipinski definition) is 3. The summed E-state index contributed by atoms with van der Waals surface area (Å²) in [5, 5.41) is -0.117. The third kappa shape index (κ3) is 11.4. The fourth-order valence-corrected chi connectivity index (χ4v) is 2.87. The van der Waals surface area contributed by atoms with Gasteiger partial charge in [-0.15, -0.1) is 0 Å². The smallest absolute Gasteiger partial charge is 0.241 e. The van der Waals surface area contributed by atoms with Crippen LogP contribution in [0.4, 0.5) is 0 Å². The van der Waals surface area contributed by atoms with Crippen LogP contribution in [0.25, 0.3) is 0 Å². The number of carbonyl (C=O) groups is 3. The second-order valence-electron chi connectivity index (χ2n) is 6.25. The Labute approximate surface area is 153 Å². The number of nitrogens with two attached hydrogens (primary N) is 3. The third-order valence-corrected chi connectivity index (χ3v) is 4.40. The van der Waals surface area contributed by atoms with Gasteiger partial charge in [0.1, 0.15) is 6.04 Å². The van der Waals surface area contributed by atoms with Gasteiger partial charge in [-0.05, 0) is 25.2 Å². The van der Waals surface area contributed by atoms with Crippen LogP contribution >= 0.6 is 11.8 Å². The van der Waals surface area contributed by atoms with E-state index in [1.54, 1.807) is 0 Å². The number of rotatable bonds is 12. The molecule has 0 aromatic carbocycles. The Bertz CT molecular complexity index is 478. The van der Waals surface area contributed by atoms with Crippen LogP contribution in [-0.2, 0) is 14.4 Å². The third-order valence-electron chi connectivity index (χ3n) is 3.51. The summed E-state index contributed by atoms with van der Waals surface area (Å²) in [6.45, 7) is 6.32. The molecule has 2 amide bonds. The standard InChI is InChI=1S/C16H31N5O3S/c1-11(2)6-7-14(23)21(9-5-4-8-20-16(18)19)13(15(17)24)10-25-12(3)22/h11,13H,4-10H2,1-3H3,(H2,17,24)(H4,18,19,20). The van der Waals surface area contributed by atoms with E-state index in [9.17, 15) is 14.4 Å². The van der Waals surface area contributed by atoms with Crippen LogP contribution in [0.2, 0.25) is 0 Å². The maximum Gasteiger partial charge on any atom is 0.241 e. The first kappa shape index (κ1) is 23.2. The van der Waals surface area contributed by atoms with Crippen LogP contribution in [0.3, 0.4) is 0 Å². The molecule has 0 heterocycles. The maximum atomic E-state index is 12.6. The summed E-state index contributed by atoms with van der Waals surface area (Å²) in [5.41, 5.74) is 16.0. The Morgan fingerprint density at radius 3 is 2.24 bits per heavy atom. The first-order valence-corrected chi connectivity index (χ1v) is 9.41. The lowest BCUT2D eigenvalue weighted by Gasteiger charge is -2.30. The summed E-state index contributed by atoms with van der Waals surface area (Å²) in [5.74, 6) is -0.144. The lowest BCUT2D eigenvalue weighted by molar-refractivity contribution is -0.138. The van der Waals surface area contributed by atoms with Crippen molar-refractivity contribution in [3.63, 3.8) is 0 Å². The number of thioether (sulfide) groups is 1. The van der Waals surface area contributed by atoms with Gasteiger partial charge < -0.3 is 22.1 Å². The zero-order chi connectivity index (χ0) is 19.4. The van der Waals surface area contributed by atoms with Crippen molar-refractivity contribution < 1.29 is 14.4 Å². The summed E-state index contributed by atoms with van der Waals surface area (Å²) >= 11 is 0.997. The quantitative estimate of drug-likeness (QED) is 0.257. The molecule has 0 aliphatic heterocycles. The van der Waals surface area contributed by atoms with Crippen LogP contribution in [0.5, 0.6) is 0 Å². The molecule has 0 bridgehead atoms. The number of aliphatic imine (C=N–C) groups is 1. The van der Waals surface area contributed by atoms with E-state index < -0.39 is 11.9 Å². The summed E-state index contributed by atoms with van der Waals surface area (Å²) < 4.78 is 0. The van der Waals surface area contributed by atoms with E-state index in [-0.39, 0.29) is 22.7 Å². The molecule has 0 saturated heterocycles. The van der Waals surface area contributed by atoms with Gasteiger partial charge in [0.2, 0.25) is 11.8 Å². The second-order valence-corrected chi connectivity index (χ2v) is 7.45. The number of unbranched alkanes of at least 4 members (excludes halogenated alkanes) is 1. The molecule has 0 rings (SSSR count). The molecule has 1 atom stereocenters. The lowest BCUT2D eigenvalue weighted by atomic mass is 10.1. The first-order chi connectivity index (χ1) is 11.6. The highest BCUT2D eigenvalue weighted by Gasteiger charge is 2.28. The summed E-state index contributed by atoms with van der Waals surface area (Å²) in [4.78, 5) is 41.0. The van der Waals surface area contributed by atoms with E-state index >= 15 is 0 Å². The minimum Gasteiger partial charge on any atom is -0.370 e. The van der Waals surface area contributed by atoms with E-state index in [1.165, 1.54) is 11.8 Å². The number of hydrogen-bond acceptors (Lipinski definition) is 5. The normalized spacial score (nSPS) is 11.8. The number of carbonyl (C=O) groups excluding carboxylic acids is 3. The van der Waals surface area contributed by atoms with Gasteiger partial charge >= 0.3 is 0 Å². The van der Waals surface area contributed by atoms with E-state index in [0.29, 0.717) is 38.3 Å². The molecule has 8 nitrogen and oxygen atoms in total. The zero-order valence-electron chi connectivity index (χ0n) is 15.4. The van der Waals surface area contributed by atoms with Gasteiger partial charge in [-0.25, -0.2) is 0 Å². The van der Waals surface area contributed by atoms with E-state index in [2.05, 4.69) is 4.99 Å². The van der Waals surface area contributed by atoms with Crippen molar-refractivity contribution in [2.75, 3.05) is 18.8 Å². The molecule has 0 aliphatic rings. The van der Waals surface area contributed by atoms with Crippen molar-refractivity contribution in [2.45, 2.75) is 52.5 Å². The monoisotopic (exact) mass is 373 g/mol. The zero-order valence-corrected chi connectivity index (χ0v) is 16.2. The van der Waals surface area contributed by atoms with Crippen molar-refractivity contribution in [1.82, 2.24) is 4.90 Å². The molecular formula is C16H31N5O3S. The molecule has 0 radical (unpaired) electrons. The molecular weight excluding hydrogens is 342 g/mol. The molecule has 6 N–H and O–H groups in total. The van der Waals surface area contributed by atoms with E-state index in [4.69, 9.17) is 17.2 Å². The Morgan fingerprint density at radius 1 is 1.12 bits per heavy atom. The SMILES string of the molecule is CC(=O)SCC(C(N)=O)N(CCCCN=C(N)N)C(=O)CCC(C)C. The van der Waals surface area contributed by atoms with Gasteiger partial charge in [-0.1, -0.05) is 25.6 Å². The molecule has 0 spiro atoms. The molecule has 0 aromatic rings. The van der Waals surface area contributed by atoms with Crippen LogP contribution in [-0.4, -0.2) is 52.7 Å². The molecule has 25 heavy (non-hydrogen) atoms. The highest BCUT2D eigenvalue weighted by atomic mass is 32.2. The topological polar surface area (TPSA) is 145 Å². The Balaban J connectivity index is 4.93. The predicted molar refractivity (Wildman–Crippen MR) is 102 cm³/mol. The highest BCUT2D eigenvalue weighted by Crippen LogP contribution is 2.15. The fraction of sp³-hybridized carbons (Fsp3) is 0.750.